The van der Waals surface area contributed by atoms with Gasteiger partial charge in [-0.15, -0.1) is 0 Å². The smallest absolute Gasteiger partial charge is 0.0691 e. The van der Waals surface area contributed by atoms with Crippen LogP contribution in [0.4, 0.5) is 0 Å². The lowest BCUT2D eigenvalue weighted by atomic mass is 9.93. The van der Waals surface area contributed by atoms with Crippen LogP contribution in [-0.4, -0.2) is 37.0 Å². The van der Waals surface area contributed by atoms with Crippen molar-refractivity contribution < 1.29 is 9.84 Å². The highest BCUT2D eigenvalue weighted by Crippen LogP contribution is 2.18. The average Bonchev–Trinajstić information content (AvgIpc) is 2.58. The fraction of sp³-hybridized carbons (Fsp3) is 1.00. The normalized spacial score (nSPS) is 24.4. The fourth-order valence-corrected chi connectivity index (χ4v) is 3.82. The Kier molecular flexibility index (Phi) is 13.8. The molecule has 2 N–H and O–H groups in total. The van der Waals surface area contributed by atoms with Gasteiger partial charge in [-0.1, -0.05) is 70.6 Å². The molecule has 144 valence electrons. The molecule has 0 aromatic carbocycles. The molecule has 1 fully saturated rings. The summed E-state index contributed by atoms with van der Waals surface area (Å²) < 4.78 is 5.07. The van der Waals surface area contributed by atoms with E-state index in [1.165, 1.54) is 83.5 Å². The summed E-state index contributed by atoms with van der Waals surface area (Å²) in [7, 11) is 1.79. The van der Waals surface area contributed by atoms with Crippen molar-refractivity contribution in [2.75, 3.05) is 13.7 Å². The standard InChI is InChI=1S/C21H43NO2/c1-19-21(23)17-16-20(22-19)15-13-11-9-7-5-3-4-6-8-10-12-14-18-24-2/h19-23H,3-18H2,1-2H3. The highest BCUT2D eigenvalue weighted by atomic mass is 16.5. The number of ether oxygens (including phenoxy) is 1. The van der Waals surface area contributed by atoms with Gasteiger partial charge in [-0.25, -0.2) is 0 Å². The molecule has 1 heterocycles. The van der Waals surface area contributed by atoms with Crippen LogP contribution in [0.15, 0.2) is 0 Å². The van der Waals surface area contributed by atoms with Crippen molar-refractivity contribution in [3.63, 3.8) is 0 Å². The first kappa shape index (κ1) is 21.9. The van der Waals surface area contributed by atoms with Crippen molar-refractivity contribution in [3.8, 4) is 0 Å². The Labute approximate surface area is 150 Å². The van der Waals surface area contributed by atoms with Gasteiger partial charge in [0.1, 0.15) is 0 Å². The fourth-order valence-electron chi connectivity index (χ4n) is 3.82. The SMILES string of the molecule is COCCCCCCCCCCCCCCC1CCC(O)C(C)N1. The molecule has 0 spiro atoms. The highest BCUT2D eigenvalue weighted by Gasteiger charge is 2.24. The zero-order chi connectivity index (χ0) is 17.5. The maximum atomic E-state index is 9.72. The predicted octanol–water partition coefficient (Wildman–Crippen LogP) is 5.21. The molecule has 3 unspecified atom stereocenters. The molecule has 0 aromatic heterocycles. The quantitative estimate of drug-likeness (QED) is 0.402. The van der Waals surface area contributed by atoms with E-state index in [2.05, 4.69) is 12.2 Å². The van der Waals surface area contributed by atoms with Gasteiger partial charge in [0.25, 0.3) is 0 Å². The Bertz CT molecular complexity index is 273. The van der Waals surface area contributed by atoms with Gasteiger partial charge in [-0.3, -0.25) is 0 Å². The van der Waals surface area contributed by atoms with E-state index in [0.29, 0.717) is 6.04 Å². The van der Waals surface area contributed by atoms with Gasteiger partial charge in [0.15, 0.2) is 0 Å². The third-order valence-corrected chi connectivity index (χ3v) is 5.54. The van der Waals surface area contributed by atoms with E-state index in [9.17, 15) is 5.11 Å². The van der Waals surface area contributed by atoms with Crippen LogP contribution in [0.25, 0.3) is 0 Å². The molecule has 24 heavy (non-hydrogen) atoms. The molecule has 0 aliphatic carbocycles. The number of hydrogen-bond acceptors (Lipinski definition) is 3. The van der Waals surface area contributed by atoms with E-state index in [0.717, 1.165) is 19.4 Å². The third kappa shape index (κ3) is 11.4. The van der Waals surface area contributed by atoms with E-state index < -0.39 is 0 Å². The number of nitrogens with one attached hydrogen (secondary N) is 1. The van der Waals surface area contributed by atoms with Gasteiger partial charge in [0, 0.05) is 25.8 Å². The van der Waals surface area contributed by atoms with Crippen molar-refractivity contribution in [2.45, 2.75) is 121 Å². The maximum absolute atomic E-state index is 9.72. The summed E-state index contributed by atoms with van der Waals surface area (Å²) >= 11 is 0. The summed E-state index contributed by atoms with van der Waals surface area (Å²) in [4.78, 5) is 0. The second kappa shape index (κ2) is 15.2. The zero-order valence-electron chi connectivity index (χ0n) is 16.4. The van der Waals surface area contributed by atoms with Crippen LogP contribution in [0.1, 0.15) is 103 Å². The number of aliphatic hydroxyl groups is 1. The van der Waals surface area contributed by atoms with Crippen LogP contribution < -0.4 is 5.32 Å². The summed E-state index contributed by atoms with van der Waals surface area (Å²) in [5, 5.41) is 13.3. The molecule has 0 saturated carbocycles. The topological polar surface area (TPSA) is 41.5 Å². The number of unbranched alkanes of at least 4 members (excludes halogenated alkanes) is 11. The summed E-state index contributed by atoms with van der Waals surface area (Å²) in [6.07, 6.45) is 19.9. The third-order valence-electron chi connectivity index (χ3n) is 5.54. The van der Waals surface area contributed by atoms with Gasteiger partial charge < -0.3 is 15.2 Å². The summed E-state index contributed by atoms with van der Waals surface area (Å²) in [6, 6.07) is 0.927. The van der Waals surface area contributed by atoms with E-state index in [1.54, 1.807) is 7.11 Å². The molecule has 3 atom stereocenters. The highest BCUT2D eigenvalue weighted by molar-refractivity contribution is 4.83. The second-order valence-electron chi connectivity index (χ2n) is 7.82. The number of aliphatic hydroxyl groups excluding tert-OH is 1. The molecular formula is C21H43NO2. The van der Waals surface area contributed by atoms with Crippen molar-refractivity contribution in [3.05, 3.63) is 0 Å². The first-order valence-corrected chi connectivity index (χ1v) is 10.7. The molecule has 0 aromatic rings. The first-order chi connectivity index (χ1) is 11.7. The monoisotopic (exact) mass is 341 g/mol. The first-order valence-electron chi connectivity index (χ1n) is 10.7. The number of rotatable bonds is 15. The van der Waals surface area contributed by atoms with Crippen molar-refractivity contribution in [1.29, 1.82) is 0 Å². The Balaban J connectivity index is 1.75. The minimum atomic E-state index is -0.133. The summed E-state index contributed by atoms with van der Waals surface area (Å²) in [5.74, 6) is 0. The van der Waals surface area contributed by atoms with E-state index in [-0.39, 0.29) is 12.1 Å². The molecule has 1 aliphatic heterocycles. The van der Waals surface area contributed by atoms with E-state index in [4.69, 9.17) is 4.74 Å². The lowest BCUT2D eigenvalue weighted by Crippen LogP contribution is -2.48. The predicted molar refractivity (Wildman–Crippen MR) is 104 cm³/mol. The van der Waals surface area contributed by atoms with Crippen LogP contribution in [0.3, 0.4) is 0 Å². The maximum Gasteiger partial charge on any atom is 0.0691 e. The van der Waals surface area contributed by atoms with Crippen LogP contribution >= 0.6 is 0 Å². The van der Waals surface area contributed by atoms with Gasteiger partial charge in [-0.2, -0.15) is 0 Å². The molecule has 1 saturated heterocycles. The minimum Gasteiger partial charge on any atom is -0.392 e. The second-order valence-corrected chi connectivity index (χ2v) is 7.82. The Morgan fingerprint density at radius 2 is 1.29 bits per heavy atom. The Morgan fingerprint density at radius 1 is 0.792 bits per heavy atom. The van der Waals surface area contributed by atoms with Gasteiger partial charge in [-0.05, 0) is 32.6 Å². The number of methoxy groups -OCH3 is 1. The molecule has 0 radical (unpaired) electrons. The Morgan fingerprint density at radius 3 is 1.79 bits per heavy atom. The summed E-state index contributed by atoms with van der Waals surface area (Å²) in [5.41, 5.74) is 0. The van der Waals surface area contributed by atoms with E-state index in [1.807, 2.05) is 0 Å². The molecular weight excluding hydrogens is 298 g/mol. The average molecular weight is 342 g/mol. The molecule has 1 rings (SSSR count). The lowest BCUT2D eigenvalue weighted by Gasteiger charge is -2.32. The van der Waals surface area contributed by atoms with Gasteiger partial charge in [0.05, 0.1) is 6.10 Å². The largest absolute Gasteiger partial charge is 0.392 e. The molecule has 0 bridgehead atoms. The van der Waals surface area contributed by atoms with Crippen LogP contribution in [0, 0.1) is 0 Å². The van der Waals surface area contributed by atoms with Crippen LogP contribution in [0.2, 0.25) is 0 Å². The van der Waals surface area contributed by atoms with Crippen molar-refractivity contribution in [2.24, 2.45) is 0 Å². The molecule has 0 amide bonds. The number of piperidine rings is 1. The number of hydrogen-bond donors (Lipinski definition) is 2. The van der Waals surface area contributed by atoms with E-state index >= 15 is 0 Å². The molecule has 1 aliphatic rings. The van der Waals surface area contributed by atoms with Crippen LogP contribution in [0.5, 0.6) is 0 Å². The van der Waals surface area contributed by atoms with Crippen molar-refractivity contribution in [1.82, 2.24) is 5.32 Å². The van der Waals surface area contributed by atoms with Crippen LogP contribution in [-0.2, 0) is 4.74 Å². The zero-order valence-corrected chi connectivity index (χ0v) is 16.4. The summed E-state index contributed by atoms with van der Waals surface area (Å²) in [6.45, 7) is 3.04. The molecule has 3 heteroatoms. The van der Waals surface area contributed by atoms with Crippen molar-refractivity contribution >= 4 is 0 Å². The van der Waals surface area contributed by atoms with Gasteiger partial charge >= 0.3 is 0 Å². The Hall–Kier alpha value is -0.120. The minimum absolute atomic E-state index is 0.133. The van der Waals surface area contributed by atoms with Gasteiger partial charge in [0.2, 0.25) is 0 Å². The molecule has 3 nitrogen and oxygen atoms in total. The lowest BCUT2D eigenvalue weighted by molar-refractivity contribution is 0.0849.